The Hall–Kier alpha value is -0.730. The molecule has 0 saturated carbocycles. The van der Waals surface area contributed by atoms with Gasteiger partial charge in [0.15, 0.2) is 0 Å². The Bertz CT molecular complexity index is 390. The van der Waals surface area contributed by atoms with Crippen LogP contribution in [0.4, 0.5) is 8.78 Å². The number of carbonyl (C=O) groups is 1. The molecule has 26 heavy (non-hydrogen) atoms. The van der Waals surface area contributed by atoms with E-state index >= 15 is 0 Å². The number of halogens is 2. The zero-order valence-electron chi connectivity index (χ0n) is 17.8. The van der Waals surface area contributed by atoms with Crippen molar-refractivity contribution in [1.29, 1.82) is 0 Å². The van der Waals surface area contributed by atoms with E-state index in [0.29, 0.717) is 30.6 Å². The topological polar surface area (TPSA) is 17.1 Å². The zero-order valence-corrected chi connectivity index (χ0v) is 17.8. The van der Waals surface area contributed by atoms with Crippen LogP contribution in [0.3, 0.4) is 0 Å². The standard InChI is InChI=1S/C23H42F2O/c1-5-6-7-14-17-20(22(24)25)18-15-12-10-8-9-11-13-16-19-21(26)23(2,3)4/h5-19H2,1-4H3. The van der Waals surface area contributed by atoms with Crippen molar-refractivity contribution in [3.63, 3.8) is 0 Å². The summed E-state index contributed by atoms with van der Waals surface area (Å²) in [6, 6.07) is 0. The van der Waals surface area contributed by atoms with Crippen LogP contribution in [0.15, 0.2) is 11.7 Å². The van der Waals surface area contributed by atoms with Crippen LogP contribution in [-0.4, -0.2) is 5.78 Å². The molecular weight excluding hydrogens is 330 g/mol. The fourth-order valence-corrected chi connectivity index (χ4v) is 3.14. The third-order valence-corrected chi connectivity index (χ3v) is 5.07. The molecule has 0 saturated heterocycles. The van der Waals surface area contributed by atoms with Crippen molar-refractivity contribution in [2.24, 2.45) is 5.41 Å². The second-order valence-corrected chi connectivity index (χ2v) is 8.68. The van der Waals surface area contributed by atoms with Crippen molar-refractivity contribution in [3.05, 3.63) is 11.7 Å². The van der Waals surface area contributed by atoms with E-state index in [2.05, 4.69) is 6.92 Å². The van der Waals surface area contributed by atoms with Crippen molar-refractivity contribution in [2.75, 3.05) is 0 Å². The Kier molecular flexibility index (Phi) is 14.9. The Morgan fingerprint density at radius 3 is 1.42 bits per heavy atom. The molecule has 0 aromatic rings. The molecule has 0 heterocycles. The van der Waals surface area contributed by atoms with E-state index in [1.807, 2.05) is 20.8 Å². The molecule has 0 fully saturated rings. The Balaban J connectivity index is 3.57. The zero-order chi connectivity index (χ0) is 19.8. The molecule has 1 nitrogen and oxygen atoms in total. The van der Waals surface area contributed by atoms with Gasteiger partial charge in [0.2, 0.25) is 0 Å². The van der Waals surface area contributed by atoms with Gasteiger partial charge in [-0.2, -0.15) is 8.78 Å². The van der Waals surface area contributed by atoms with E-state index in [-0.39, 0.29) is 5.41 Å². The average Bonchev–Trinajstić information content (AvgIpc) is 2.56. The quantitative estimate of drug-likeness (QED) is 0.248. The van der Waals surface area contributed by atoms with Crippen LogP contribution in [-0.2, 0) is 4.79 Å². The van der Waals surface area contributed by atoms with Crippen molar-refractivity contribution in [2.45, 2.75) is 124 Å². The van der Waals surface area contributed by atoms with Gasteiger partial charge in [-0.05, 0) is 37.7 Å². The molecule has 0 rings (SSSR count). The van der Waals surface area contributed by atoms with Gasteiger partial charge in [-0.1, -0.05) is 85.5 Å². The summed E-state index contributed by atoms with van der Waals surface area (Å²) in [4.78, 5) is 11.8. The number of rotatable bonds is 16. The van der Waals surface area contributed by atoms with E-state index in [1.165, 1.54) is 19.3 Å². The number of unbranched alkanes of at least 4 members (excludes halogenated alkanes) is 10. The highest BCUT2D eigenvalue weighted by Gasteiger charge is 2.19. The normalized spacial score (nSPS) is 11.6. The predicted molar refractivity (Wildman–Crippen MR) is 109 cm³/mol. The van der Waals surface area contributed by atoms with Crippen molar-refractivity contribution in [3.8, 4) is 0 Å². The molecule has 0 aromatic heterocycles. The lowest BCUT2D eigenvalue weighted by molar-refractivity contribution is -0.126. The van der Waals surface area contributed by atoms with Crippen LogP contribution >= 0.6 is 0 Å². The molecule has 0 aliphatic rings. The molecule has 0 amide bonds. The minimum Gasteiger partial charge on any atom is -0.299 e. The maximum absolute atomic E-state index is 12.9. The summed E-state index contributed by atoms with van der Waals surface area (Å²) in [6.07, 6.45) is 13.4. The van der Waals surface area contributed by atoms with E-state index < -0.39 is 6.08 Å². The van der Waals surface area contributed by atoms with Crippen molar-refractivity contribution < 1.29 is 13.6 Å². The molecule has 3 heteroatoms. The molecule has 0 N–H and O–H groups in total. The monoisotopic (exact) mass is 372 g/mol. The first kappa shape index (κ1) is 25.3. The molecule has 0 unspecified atom stereocenters. The highest BCUT2D eigenvalue weighted by atomic mass is 19.3. The molecule has 0 spiro atoms. The Morgan fingerprint density at radius 2 is 1.04 bits per heavy atom. The smallest absolute Gasteiger partial charge is 0.269 e. The SMILES string of the molecule is CCCCCCC(CCCCCCCCCCC(=O)C(C)(C)C)=C(F)F. The third kappa shape index (κ3) is 14.4. The predicted octanol–water partition coefficient (Wildman–Crippen LogP) is 8.62. The van der Waals surface area contributed by atoms with Crippen LogP contribution in [0.2, 0.25) is 0 Å². The van der Waals surface area contributed by atoms with Gasteiger partial charge < -0.3 is 0 Å². The summed E-state index contributed by atoms with van der Waals surface area (Å²) in [6.45, 7) is 8.08. The molecule has 0 aliphatic carbocycles. The van der Waals surface area contributed by atoms with Gasteiger partial charge in [0, 0.05) is 11.8 Å². The van der Waals surface area contributed by atoms with E-state index in [0.717, 1.165) is 57.8 Å². The largest absolute Gasteiger partial charge is 0.299 e. The van der Waals surface area contributed by atoms with Crippen LogP contribution in [0, 0.1) is 5.41 Å². The highest BCUT2D eigenvalue weighted by Crippen LogP contribution is 2.23. The van der Waals surface area contributed by atoms with Gasteiger partial charge in [0.1, 0.15) is 5.78 Å². The summed E-state index contributed by atoms with van der Waals surface area (Å²) < 4.78 is 25.9. The average molecular weight is 373 g/mol. The van der Waals surface area contributed by atoms with Gasteiger partial charge >= 0.3 is 0 Å². The van der Waals surface area contributed by atoms with Crippen LogP contribution < -0.4 is 0 Å². The lowest BCUT2D eigenvalue weighted by atomic mass is 9.88. The summed E-state index contributed by atoms with van der Waals surface area (Å²) in [5.41, 5.74) is 0.187. The fraction of sp³-hybridized carbons (Fsp3) is 0.870. The van der Waals surface area contributed by atoms with Crippen molar-refractivity contribution >= 4 is 5.78 Å². The van der Waals surface area contributed by atoms with Crippen LogP contribution in [0.25, 0.3) is 0 Å². The number of hydrogen-bond donors (Lipinski definition) is 0. The van der Waals surface area contributed by atoms with Gasteiger partial charge in [-0.3, -0.25) is 4.79 Å². The molecule has 0 atom stereocenters. The van der Waals surface area contributed by atoms with Crippen LogP contribution in [0.1, 0.15) is 124 Å². The second-order valence-electron chi connectivity index (χ2n) is 8.68. The molecule has 0 aromatic carbocycles. The number of allylic oxidation sites excluding steroid dienone is 1. The summed E-state index contributed by atoms with van der Waals surface area (Å²) >= 11 is 0. The maximum Gasteiger partial charge on any atom is 0.269 e. The van der Waals surface area contributed by atoms with Gasteiger partial charge in [-0.15, -0.1) is 0 Å². The van der Waals surface area contributed by atoms with Gasteiger partial charge in [0.25, 0.3) is 6.08 Å². The Labute approximate surface area is 161 Å². The molecular formula is C23H42F2O. The Morgan fingerprint density at radius 1 is 0.654 bits per heavy atom. The molecule has 0 bridgehead atoms. The number of hydrogen-bond acceptors (Lipinski definition) is 1. The maximum atomic E-state index is 12.9. The first-order valence-electron chi connectivity index (χ1n) is 10.8. The highest BCUT2D eigenvalue weighted by molar-refractivity contribution is 5.83. The minimum absolute atomic E-state index is 0.206. The lowest BCUT2D eigenvalue weighted by Crippen LogP contribution is -2.19. The molecule has 154 valence electrons. The van der Waals surface area contributed by atoms with E-state index in [1.54, 1.807) is 0 Å². The molecule has 0 aliphatic heterocycles. The van der Waals surface area contributed by atoms with Gasteiger partial charge in [0.05, 0.1) is 0 Å². The number of carbonyl (C=O) groups excluding carboxylic acids is 1. The second kappa shape index (κ2) is 15.3. The van der Waals surface area contributed by atoms with Gasteiger partial charge in [-0.25, -0.2) is 0 Å². The van der Waals surface area contributed by atoms with E-state index in [9.17, 15) is 13.6 Å². The van der Waals surface area contributed by atoms with Crippen molar-refractivity contribution in [1.82, 2.24) is 0 Å². The first-order valence-corrected chi connectivity index (χ1v) is 10.8. The first-order chi connectivity index (χ1) is 12.3. The summed E-state index contributed by atoms with van der Waals surface area (Å²) in [7, 11) is 0. The number of ketones is 1. The third-order valence-electron chi connectivity index (χ3n) is 5.07. The van der Waals surface area contributed by atoms with E-state index in [4.69, 9.17) is 0 Å². The summed E-state index contributed by atoms with van der Waals surface area (Å²) in [5.74, 6) is 0.358. The van der Waals surface area contributed by atoms with Crippen LogP contribution in [0.5, 0.6) is 0 Å². The minimum atomic E-state index is -1.44. The molecule has 0 radical (unpaired) electrons. The lowest BCUT2D eigenvalue weighted by Gasteiger charge is -2.16. The summed E-state index contributed by atoms with van der Waals surface area (Å²) in [5, 5.41) is 0. The fourth-order valence-electron chi connectivity index (χ4n) is 3.14. The number of Topliss-reactive ketones (excluding diaryl/α,β-unsaturated/α-hetero) is 1.